The Labute approximate surface area is 714 Å². The van der Waals surface area contributed by atoms with E-state index in [0.29, 0.717) is 57.2 Å². The lowest BCUT2D eigenvalue weighted by atomic mass is 10.1. The molecule has 0 spiro atoms. The van der Waals surface area contributed by atoms with Crippen molar-refractivity contribution in [2.75, 3.05) is 30.5 Å². The number of hydrogen-bond donors (Lipinski definition) is 4. The van der Waals surface area contributed by atoms with Crippen LogP contribution in [0.1, 0.15) is 119 Å². The minimum absolute atomic E-state index is 0.0604. The van der Waals surface area contributed by atoms with E-state index in [0.717, 1.165) is 72.0 Å². The minimum atomic E-state index is -6.27. The predicted octanol–water partition coefficient (Wildman–Crippen LogP) is 11.7. The molecule has 37 heteroatoms. The maximum atomic E-state index is 13.6. The highest BCUT2D eigenvalue weighted by atomic mass is 32.2. The van der Waals surface area contributed by atoms with E-state index in [-0.39, 0.29) is 79.7 Å². The number of pyridine rings is 4. The van der Waals surface area contributed by atoms with E-state index in [1.807, 2.05) is 122 Å². The van der Waals surface area contributed by atoms with Crippen LogP contribution in [0.5, 0.6) is 11.5 Å². The van der Waals surface area contributed by atoms with E-state index in [4.69, 9.17) is 33.6 Å². The van der Waals surface area contributed by atoms with Gasteiger partial charge in [0.1, 0.15) is 57.5 Å². The molecular weight excluding hydrogens is 1660 g/mol. The second-order valence-electron chi connectivity index (χ2n) is 27.7. The van der Waals surface area contributed by atoms with Gasteiger partial charge in [0, 0.05) is 30.9 Å². The normalized spacial score (nSPS) is 11.5. The van der Waals surface area contributed by atoms with Gasteiger partial charge >= 0.3 is 50.2 Å². The molecule has 0 atom stereocenters. The largest absolute Gasteiger partial charge is 0.534 e. The van der Waals surface area contributed by atoms with Gasteiger partial charge in [-0.1, -0.05) is 152 Å². The Morgan fingerprint density at radius 1 is 0.468 bits per heavy atom. The van der Waals surface area contributed by atoms with Gasteiger partial charge in [0.25, 0.3) is 5.56 Å². The maximum absolute atomic E-state index is 13.6. The number of aromatic hydroxyl groups is 1. The average molecular weight is 1740 g/mol. The molecule has 33 nitrogen and oxygen atoms in total. The van der Waals surface area contributed by atoms with Gasteiger partial charge in [0.2, 0.25) is 0 Å². The van der Waals surface area contributed by atoms with E-state index < -0.39 is 83.9 Å². The summed E-state index contributed by atoms with van der Waals surface area (Å²) in [4.78, 5) is 149. The van der Waals surface area contributed by atoms with Crippen LogP contribution in [-0.2, 0) is 70.3 Å². The second-order valence-corrected chi connectivity index (χ2v) is 29.3. The highest BCUT2D eigenvalue weighted by Crippen LogP contribution is 2.36. The first-order valence-electron chi connectivity index (χ1n) is 39.1. The third kappa shape index (κ3) is 19.7. The Bertz CT molecular complexity index is 6980. The molecular formula is C89H80F3N15O18S. The number of aromatic amines is 1. The van der Waals surface area contributed by atoms with Gasteiger partial charge in [-0.25, -0.2) is 54.3 Å². The molecule has 0 saturated carbocycles. The zero-order valence-electron chi connectivity index (χ0n) is 68.6. The number of fused-ring (bicyclic) bond motifs is 6. The van der Waals surface area contributed by atoms with Crippen molar-refractivity contribution in [1.29, 1.82) is 0 Å². The van der Waals surface area contributed by atoms with Crippen LogP contribution in [0.4, 0.5) is 24.5 Å². The molecule has 0 radical (unpaired) electrons. The molecule has 6 aromatic carbocycles. The summed E-state index contributed by atoms with van der Waals surface area (Å²) in [5.74, 6) is -4.80. The molecule has 9 heterocycles. The Kier molecular flexibility index (Phi) is 27.6. The molecule has 0 fully saturated rings. The van der Waals surface area contributed by atoms with Crippen molar-refractivity contribution in [3.63, 3.8) is 0 Å². The number of ether oxygens (including phenoxy) is 3. The molecule has 9 aromatic heterocycles. The summed E-state index contributed by atoms with van der Waals surface area (Å²) < 4.78 is 85.4. The van der Waals surface area contributed by atoms with Gasteiger partial charge in [0.05, 0.1) is 75.5 Å². The fraction of sp³-hybridized carbons (Fsp3) is 0.202. The highest BCUT2D eigenvalue weighted by Gasteiger charge is 2.50. The zero-order valence-corrected chi connectivity index (χ0v) is 69.4. The topological polar surface area (TPSA) is 410 Å². The number of aryl methyl sites for hydroxylation is 4. The van der Waals surface area contributed by atoms with Crippen LogP contribution in [0, 0.1) is 27.7 Å². The third-order valence-corrected chi connectivity index (χ3v) is 20.3. The van der Waals surface area contributed by atoms with E-state index in [9.17, 15) is 60.3 Å². The molecule has 15 aromatic rings. The standard InChI is InChI=1S/C28H26N4O4.C24H21N5O2.C19H16F3N3O7S.C18H17N3O5/c1-3-35-28(34)24-25(29-15-20-12-13-21-10-7-11-22(21)14-20)23-18(2)30-17-31-26(23)32(27(24)33)36-16-19-8-5-4-6-9-19;1-16-23-21(26-13-18-7-8-20-19(11-18)9-10-25-20)12-22(30)29(24(23)28-15-27-16)31-14-17-5-3-2-4-6-17;1-3-30-18(27)14-15(32-33(28,29)19(20,21)22)13-11(2)23-10-24-16(13)25(17(14)26)31-9-12-7-5-4-6-8-12;1-3-25-18(24)14-15(22)13-11(2)19-10-20-16(13)21(17(14)23)26-9-12-7-5-4-6-8-12/h4-9,11-14,17,29H,3,10,15-16H2,1-2H3;2-12,15,25-26H,13-14H2,1H3;4-8,10H,3,9H2,1-2H3;4-8,10,22H,3,9H2,1-2H3. The van der Waals surface area contributed by atoms with Crippen LogP contribution in [0.25, 0.3) is 61.1 Å². The first-order chi connectivity index (χ1) is 60.8. The minimum Gasteiger partial charge on any atom is -0.506 e. The van der Waals surface area contributed by atoms with Gasteiger partial charge in [-0.05, 0) is 129 Å². The summed E-state index contributed by atoms with van der Waals surface area (Å²) in [5, 5.41) is 19.3. The number of H-pyrrole nitrogens is 1. The van der Waals surface area contributed by atoms with Crippen molar-refractivity contribution in [2.45, 2.75) is 99.9 Å². The summed E-state index contributed by atoms with van der Waals surface area (Å²) in [6.07, 6.45) is 12.1. The number of rotatable bonds is 26. The van der Waals surface area contributed by atoms with E-state index in [1.54, 1.807) is 64.1 Å². The van der Waals surface area contributed by atoms with Gasteiger partial charge in [-0.2, -0.15) is 21.6 Å². The summed E-state index contributed by atoms with van der Waals surface area (Å²) in [5.41, 5.74) is 1.30. The fourth-order valence-corrected chi connectivity index (χ4v) is 13.8. The molecule has 0 amide bonds. The van der Waals surface area contributed by atoms with Crippen LogP contribution < -0.4 is 56.4 Å². The number of hydrogen-bond acceptors (Lipinski definition) is 28. The van der Waals surface area contributed by atoms with Crippen LogP contribution in [0.3, 0.4) is 0 Å². The first kappa shape index (κ1) is 88.1. The summed E-state index contributed by atoms with van der Waals surface area (Å²) in [6, 6.07) is 52.9. The SMILES string of the molecule is CCOC(=O)c1c(NCc2ccc3c(c2)C=CC3)c2c(C)ncnc2n(OCc2ccccc2)c1=O.CCOC(=O)c1c(O)c2c(C)ncnc2n(OCc2ccccc2)c1=O.CCOC(=O)c1c(OS(=O)(=O)C(F)(F)F)c2c(C)ncnc2n(OCc2ccccc2)c1=O.Cc1ncnc2c1c(NCc1ccc3[nH]ccc3c1)cc(=O)n2OCc1ccccc1. The monoisotopic (exact) mass is 1740 g/mol. The third-order valence-electron chi connectivity index (χ3n) is 19.3. The number of alkyl halides is 3. The number of aromatic nitrogens is 13. The Morgan fingerprint density at radius 3 is 1.39 bits per heavy atom. The van der Waals surface area contributed by atoms with Crippen molar-refractivity contribution in [3.05, 3.63) is 333 Å². The molecule has 126 heavy (non-hydrogen) atoms. The van der Waals surface area contributed by atoms with Crippen molar-refractivity contribution in [3.8, 4) is 11.5 Å². The number of nitrogens with zero attached hydrogens (tertiary/aromatic N) is 12. The molecule has 646 valence electrons. The van der Waals surface area contributed by atoms with Crippen molar-refractivity contribution in [1.82, 2.24) is 63.8 Å². The van der Waals surface area contributed by atoms with Gasteiger partial charge in [0.15, 0.2) is 45.0 Å². The molecule has 0 saturated heterocycles. The summed E-state index contributed by atoms with van der Waals surface area (Å²) in [7, 11) is -6.27. The van der Waals surface area contributed by atoms with E-state index in [2.05, 4.69) is 96.1 Å². The molecule has 4 N–H and O–H groups in total. The molecule has 0 aliphatic heterocycles. The average Bonchev–Trinajstić information content (AvgIpc) is 0.759. The van der Waals surface area contributed by atoms with Gasteiger partial charge in [-0.15, -0.1) is 18.9 Å². The van der Waals surface area contributed by atoms with Crippen LogP contribution in [0.15, 0.2) is 227 Å². The Balaban J connectivity index is 0.000000145. The smallest absolute Gasteiger partial charge is 0.506 e. The van der Waals surface area contributed by atoms with Crippen molar-refractivity contribution < 1.29 is 78.8 Å². The maximum Gasteiger partial charge on any atom is 0.534 e. The Morgan fingerprint density at radius 2 is 0.881 bits per heavy atom. The lowest BCUT2D eigenvalue weighted by Gasteiger charge is -2.19. The predicted molar refractivity (Wildman–Crippen MR) is 458 cm³/mol. The molecule has 0 unspecified atom stereocenters. The van der Waals surface area contributed by atoms with Crippen molar-refractivity contribution >= 4 is 101 Å². The number of allylic oxidation sites excluding steroid dienone is 1. The molecule has 1 aliphatic carbocycles. The van der Waals surface area contributed by atoms with Gasteiger partial charge < -0.3 is 58.5 Å². The number of carbonyl (C=O) groups excluding carboxylic acids is 3. The zero-order chi connectivity index (χ0) is 89.3. The first-order valence-corrected chi connectivity index (χ1v) is 40.5. The van der Waals surface area contributed by atoms with Crippen LogP contribution in [-0.4, -0.2) is 121 Å². The lowest BCUT2D eigenvalue weighted by molar-refractivity contribution is -0.0500. The summed E-state index contributed by atoms with van der Waals surface area (Å²) >= 11 is 0. The number of esters is 3. The highest BCUT2D eigenvalue weighted by molar-refractivity contribution is 7.88. The van der Waals surface area contributed by atoms with Crippen molar-refractivity contribution in [2.24, 2.45) is 0 Å². The van der Waals surface area contributed by atoms with E-state index in [1.165, 1.54) is 48.7 Å². The quantitative estimate of drug-likeness (QED) is 0.0169. The number of carbonyl (C=O) groups is 3. The van der Waals surface area contributed by atoms with Crippen LogP contribution in [0.2, 0.25) is 0 Å². The second kappa shape index (κ2) is 39.4. The summed E-state index contributed by atoms with van der Waals surface area (Å²) in [6.45, 7) is 12.5. The number of nitrogens with one attached hydrogen (secondary N) is 3. The fourth-order valence-electron chi connectivity index (χ4n) is 13.3. The van der Waals surface area contributed by atoms with Gasteiger partial charge in [-0.3, -0.25) is 19.2 Å². The number of halogens is 3. The lowest BCUT2D eigenvalue weighted by Crippen LogP contribution is -2.35. The van der Waals surface area contributed by atoms with E-state index >= 15 is 0 Å². The Hall–Kier alpha value is -15.7. The molecule has 16 rings (SSSR count). The number of benzene rings is 6. The molecule has 1 aliphatic rings. The molecule has 0 bridgehead atoms. The number of anilines is 2. The van der Waals surface area contributed by atoms with Crippen LogP contribution >= 0.6 is 0 Å².